The van der Waals surface area contributed by atoms with E-state index < -0.39 is 5.60 Å². The third kappa shape index (κ3) is 4.84. The number of hydrogen-bond acceptors (Lipinski definition) is 3. The fraction of sp³-hybridized carbons (Fsp3) is 0.643. The molecule has 1 atom stereocenters. The van der Waals surface area contributed by atoms with Crippen molar-refractivity contribution >= 4 is 10.8 Å². The van der Waals surface area contributed by atoms with Crippen LogP contribution < -0.4 is 0 Å². The van der Waals surface area contributed by atoms with Crippen molar-refractivity contribution in [2.24, 2.45) is 0 Å². The van der Waals surface area contributed by atoms with Gasteiger partial charge in [-0.2, -0.15) is 0 Å². The van der Waals surface area contributed by atoms with Crippen LogP contribution in [0.4, 0.5) is 0 Å². The summed E-state index contributed by atoms with van der Waals surface area (Å²) >= 11 is 0. The fourth-order valence-electron chi connectivity index (χ4n) is 6.53. The number of hydrogen-bond donors (Lipinski definition) is 1. The molecule has 2 saturated heterocycles. The summed E-state index contributed by atoms with van der Waals surface area (Å²) in [6.45, 7) is 5.98. The zero-order valence-corrected chi connectivity index (χ0v) is 19.1. The maximum absolute atomic E-state index is 11.8. The molecule has 1 N–H and O–H groups in total. The molecule has 0 spiro atoms. The van der Waals surface area contributed by atoms with Gasteiger partial charge in [0.1, 0.15) is 0 Å². The average Bonchev–Trinajstić information content (AvgIpc) is 2.83. The molecular weight excluding hydrogens is 380 g/mol. The van der Waals surface area contributed by atoms with Gasteiger partial charge in [0.2, 0.25) is 0 Å². The Morgan fingerprint density at radius 1 is 0.806 bits per heavy atom. The lowest BCUT2D eigenvalue weighted by Crippen LogP contribution is -2.50. The van der Waals surface area contributed by atoms with Crippen LogP contribution in [-0.2, 0) is 0 Å². The van der Waals surface area contributed by atoms with Crippen molar-refractivity contribution in [1.82, 2.24) is 9.80 Å². The zero-order chi connectivity index (χ0) is 21.1. The standard InChI is InChI=1S/C28H40N2O/c31-28(15-5-1-6-16-28)27(25-12-11-23-9-3-4-10-24(23)21-25)22-29-19-13-26(14-20-29)30-17-7-2-8-18-30/h3-4,9-12,21,26-27,31H,1-2,5-8,13-20,22H2. The smallest absolute Gasteiger partial charge is 0.0728 e. The largest absolute Gasteiger partial charge is 0.389 e. The van der Waals surface area contributed by atoms with E-state index in [0.717, 1.165) is 38.3 Å². The first-order chi connectivity index (χ1) is 15.2. The quantitative estimate of drug-likeness (QED) is 0.685. The number of likely N-dealkylation sites (tertiary alicyclic amines) is 2. The van der Waals surface area contributed by atoms with Crippen molar-refractivity contribution in [2.45, 2.75) is 81.8 Å². The minimum Gasteiger partial charge on any atom is -0.389 e. The van der Waals surface area contributed by atoms with Gasteiger partial charge in [0.15, 0.2) is 0 Å². The minimum absolute atomic E-state index is 0.212. The van der Waals surface area contributed by atoms with E-state index in [1.807, 2.05) is 0 Å². The van der Waals surface area contributed by atoms with Crippen LogP contribution in [-0.4, -0.2) is 59.3 Å². The van der Waals surface area contributed by atoms with Crippen LogP contribution in [0.2, 0.25) is 0 Å². The van der Waals surface area contributed by atoms with Crippen LogP contribution in [0.25, 0.3) is 10.8 Å². The molecule has 2 aromatic rings. The zero-order valence-electron chi connectivity index (χ0n) is 19.1. The van der Waals surface area contributed by atoms with E-state index in [1.165, 1.54) is 81.0 Å². The lowest BCUT2D eigenvalue weighted by Gasteiger charge is -2.45. The summed E-state index contributed by atoms with van der Waals surface area (Å²) < 4.78 is 0. The van der Waals surface area contributed by atoms with Gasteiger partial charge in [-0.25, -0.2) is 0 Å². The first-order valence-corrected chi connectivity index (χ1v) is 12.9. The second-order valence-corrected chi connectivity index (χ2v) is 10.5. The maximum Gasteiger partial charge on any atom is 0.0728 e. The number of rotatable bonds is 5. The van der Waals surface area contributed by atoms with Crippen molar-refractivity contribution in [2.75, 3.05) is 32.7 Å². The van der Waals surface area contributed by atoms with Crippen LogP contribution in [0.5, 0.6) is 0 Å². The number of aliphatic hydroxyl groups is 1. The van der Waals surface area contributed by atoms with Crippen molar-refractivity contribution in [3.8, 4) is 0 Å². The molecule has 3 nitrogen and oxygen atoms in total. The number of piperidine rings is 2. The predicted octanol–water partition coefficient (Wildman–Crippen LogP) is 5.57. The topological polar surface area (TPSA) is 26.7 Å². The summed E-state index contributed by atoms with van der Waals surface area (Å²) in [5, 5.41) is 14.4. The monoisotopic (exact) mass is 420 g/mol. The average molecular weight is 421 g/mol. The Hall–Kier alpha value is -1.42. The van der Waals surface area contributed by atoms with Crippen molar-refractivity contribution in [3.63, 3.8) is 0 Å². The molecule has 0 amide bonds. The Bertz CT molecular complexity index is 845. The number of fused-ring (bicyclic) bond motifs is 1. The lowest BCUT2D eigenvalue weighted by atomic mass is 9.72. The molecule has 1 saturated carbocycles. The predicted molar refractivity (Wildman–Crippen MR) is 130 cm³/mol. The Kier molecular flexibility index (Phi) is 6.64. The minimum atomic E-state index is -0.551. The lowest BCUT2D eigenvalue weighted by molar-refractivity contribution is -0.0343. The molecule has 3 aliphatic rings. The SMILES string of the molecule is OC1(C(CN2CCC(N3CCCCC3)CC2)c2ccc3ccccc3c2)CCCCC1. The van der Waals surface area contributed by atoms with Crippen molar-refractivity contribution in [3.05, 3.63) is 48.0 Å². The maximum atomic E-state index is 11.8. The van der Waals surface area contributed by atoms with Crippen LogP contribution in [0.1, 0.15) is 75.7 Å². The Balaban J connectivity index is 1.32. The Morgan fingerprint density at radius 3 is 2.23 bits per heavy atom. The molecule has 0 aromatic heterocycles. The van der Waals surface area contributed by atoms with Gasteiger partial charge >= 0.3 is 0 Å². The summed E-state index contributed by atoms with van der Waals surface area (Å²) in [7, 11) is 0. The molecule has 5 rings (SSSR count). The Morgan fingerprint density at radius 2 is 1.48 bits per heavy atom. The summed E-state index contributed by atoms with van der Waals surface area (Å²) in [6.07, 6.45) is 12.3. The third-order valence-electron chi connectivity index (χ3n) is 8.45. The second kappa shape index (κ2) is 9.60. The molecule has 168 valence electrons. The van der Waals surface area contributed by atoms with Gasteiger partial charge in [-0.15, -0.1) is 0 Å². The van der Waals surface area contributed by atoms with E-state index >= 15 is 0 Å². The van der Waals surface area contributed by atoms with E-state index in [4.69, 9.17) is 0 Å². The van der Waals surface area contributed by atoms with Gasteiger partial charge in [-0.1, -0.05) is 68.1 Å². The van der Waals surface area contributed by atoms with Gasteiger partial charge in [0, 0.05) is 18.5 Å². The molecule has 1 unspecified atom stereocenters. The molecular formula is C28H40N2O. The van der Waals surface area contributed by atoms with Gasteiger partial charge in [-0.3, -0.25) is 0 Å². The van der Waals surface area contributed by atoms with Crippen molar-refractivity contribution < 1.29 is 5.11 Å². The summed E-state index contributed by atoms with van der Waals surface area (Å²) in [5.41, 5.74) is 0.783. The molecule has 2 aromatic carbocycles. The van der Waals surface area contributed by atoms with Gasteiger partial charge in [0.05, 0.1) is 5.60 Å². The van der Waals surface area contributed by atoms with Gasteiger partial charge < -0.3 is 14.9 Å². The highest BCUT2D eigenvalue weighted by Gasteiger charge is 2.40. The van der Waals surface area contributed by atoms with E-state index in [0.29, 0.717) is 0 Å². The second-order valence-electron chi connectivity index (χ2n) is 10.5. The van der Waals surface area contributed by atoms with Crippen LogP contribution in [0.15, 0.2) is 42.5 Å². The molecule has 2 heterocycles. The fourth-order valence-corrected chi connectivity index (χ4v) is 6.53. The van der Waals surface area contributed by atoms with Gasteiger partial charge in [0.25, 0.3) is 0 Å². The molecule has 1 aliphatic carbocycles. The summed E-state index contributed by atoms with van der Waals surface area (Å²) in [6, 6.07) is 16.3. The van der Waals surface area contributed by atoms with Gasteiger partial charge in [-0.05, 0) is 81.0 Å². The normalized spacial score (nSPS) is 24.9. The first-order valence-electron chi connectivity index (χ1n) is 12.9. The molecule has 3 heteroatoms. The summed E-state index contributed by atoms with van der Waals surface area (Å²) in [4.78, 5) is 5.42. The number of benzene rings is 2. The Labute approximate surface area is 188 Å². The molecule has 0 bridgehead atoms. The van der Waals surface area contributed by atoms with E-state index in [-0.39, 0.29) is 5.92 Å². The summed E-state index contributed by atoms with van der Waals surface area (Å²) in [5.74, 6) is 0.212. The van der Waals surface area contributed by atoms with Crippen molar-refractivity contribution in [1.29, 1.82) is 0 Å². The first kappa shape index (κ1) is 21.4. The van der Waals surface area contributed by atoms with Crippen LogP contribution in [0.3, 0.4) is 0 Å². The van der Waals surface area contributed by atoms with E-state index in [9.17, 15) is 5.11 Å². The highest BCUT2D eigenvalue weighted by molar-refractivity contribution is 5.83. The highest BCUT2D eigenvalue weighted by Crippen LogP contribution is 2.41. The molecule has 3 fully saturated rings. The number of nitrogens with zero attached hydrogens (tertiary/aromatic N) is 2. The highest BCUT2D eigenvalue weighted by atomic mass is 16.3. The van der Waals surface area contributed by atoms with E-state index in [2.05, 4.69) is 52.3 Å². The van der Waals surface area contributed by atoms with Crippen LogP contribution >= 0.6 is 0 Å². The third-order valence-corrected chi connectivity index (χ3v) is 8.45. The van der Waals surface area contributed by atoms with Crippen LogP contribution in [0, 0.1) is 0 Å². The molecule has 2 aliphatic heterocycles. The molecule has 31 heavy (non-hydrogen) atoms. The van der Waals surface area contributed by atoms with E-state index in [1.54, 1.807) is 0 Å². The molecule has 0 radical (unpaired) electrons.